The maximum atomic E-state index is 5.07. The van der Waals surface area contributed by atoms with Gasteiger partial charge in [0.1, 0.15) is 5.65 Å². The van der Waals surface area contributed by atoms with E-state index in [1.807, 2.05) is 12.3 Å². The second-order valence-electron chi connectivity index (χ2n) is 11.4. The minimum absolute atomic E-state index is 0.544. The lowest BCUT2D eigenvalue weighted by Gasteiger charge is -2.35. The standard InChI is InChI=1S/C37H31N5/c1-25-26(2)42-35(34-17-8-9-18-38-34)22-28(23-36(42)39-25)37(27-11-10-12-29(21-27)41-20-19-40(3)24-41)32-15-6-4-13-30(32)31-14-5-7-16-33(31)37/h4-23H,24H2,1-3H3. The first kappa shape index (κ1) is 24.6. The first-order chi connectivity index (χ1) is 20.6. The maximum Gasteiger partial charge on any atom is 0.138 e. The summed E-state index contributed by atoms with van der Waals surface area (Å²) in [5, 5.41) is 0. The molecule has 6 aromatic rings. The van der Waals surface area contributed by atoms with Gasteiger partial charge in [0.2, 0.25) is 0 Å². The zero-order valence-electron chi connectivity index (χ0n) is 24.0. The zero-order valence-corrected chi connectivity index (χ0v) is 24.0. The van der Waals surface area contributed by atoms with Gasteiger partial charge in [-0.15, -0.1) is 0 Å². The monoisotopic (exact) mass is 545 g/mol. The van der Waals surface area contributed by atoms with Crippen LogP contribution in [0.25, 0.3) is 28.2 Å². The van der Waals surface area contributed by atoms with Gasteiger partial charge in [-0.3, -0.25) is 9.38 Å². The number of hydrogen-bond donors (Lipinski definition) is 0. The Morgan fingerprint density at radius 3 is 2.14 bits per heavy atom. The summed E-state index contributed by atoms with van der Waals surface area (Å²) >= 11 is 0. The lowest BCUT2D eigenvalue weighted by Crippen LogP contribution is -2.29. The Morgan fingerprint density at radius 2 is 1.45 bits per heavy atom. The number of imidazole rings is 1. The van der Waals surface area contributed by atoms with Crippen LogP contribution in [0, 0.1) is 13.8 Å². The predicted molar refractivity (Wildman–Crippen MR) is 169 cm³/mol. The molecule has 8 rings (SSSR count). The lowest BCUT2D eigenvalue weighted by molar-refractivity contribution is 0.495. The first-order valence-corrected chi connectivity index (χ1v) is 14.4. The number of pyridine rings is 2. The van der Waals surface area contributed by atoms with Gasteiger partial charge in [0.05, 0.1) is 29.2 Å². The number of nitrogens with zero attached hydrogens (tertiary/aromatic N) is 5. The molecule has 0 spiro atoms. The SMILES string of the molecule is Cc1nc2cc(C3(c4cccc(N5C=CN(C)C5)c4)c4ccccc4-c4ccccc43)cc(-c3ccccn3)n2c1C. The molecule has 0 fully saturated rings. The fourth-order valence-corrected chi connectivity index (χ4v) is 6.99. The molecule has 0 amide bonds. The molecule has 0 atom stereocenters. The van der Waals surface area contributed by atoms with Crippen LogP contribution in [0.1, 0.15) is 33.6 Å². The minimum Gasteiger partial charge on any atom is -0.361 e. The number of aryl methyl sites for hydroxylation is 2. The van der Waals surface area contributed by atoms with Crippen LogP contribution in [0.15, 0.2) is 122 Å². The van der Waals surface area contributed by atoms with Gasteiger partial charge in [0, 0.05) is 37.0 Å². The molecular weight excluding hydrogens is 514 g/mol. The van der Waals surface area contributed by atoms with Gasteiger partial charge in [-0.1, -0.05) is 66.7 Å². The summed E-state index contributed by atoms with van der Waals surface area (Å²) < 4.78 is 2.25. The van der Waals surface area contributed by atoms with E-state index in [0.717, 1.165) is 35.1 Å². The molecule has 0 unspecified atom stereocenters. The molecule has 1 aliphatic carbocycles. The molecule has 0 bridgehead atoms. The Balaban J connectivity index is 1.50. The van der Waals surface area contributed by atoms with Crippen molar-refractivity contribution in [2.45, 2.75) is 19.3 Å². The first-order valence-electron chi connectivity index (χ1n) is 14.4. The summed E-state index contributed by atoms with van der Waals surface area (Å²) in [6.45, 7) is 5.05. The van der Waals surface area contributed by atoms with Crippen LogP contribution in [0.2, 0.25) is 0 Å². The molecule has 3 aromatic carbocycles. The van der Waals surface area contributed by atoms with Crippen molar-refractivity contribution in [2.75, 3.05) is 18.6 Å². The summed E-state index contributed by atoms with van der Waals surface area (Å²) in [4.78, 5) is 14.4. The zero-order chi connectivity index (χ0) is 28.4. The van der Waals surface area contributed by atoms with E-state index in [0.29, 0.717) is 0 Å². The van der Waals surface area contributed by atoms with Crippen molar-refractivity contribution in [1.29, 1.82) is 0 Å². The Labute approximate surface area is 246 Å². The number of aromatic nitrogens is 3. The van der Waals surface area contributed by atoms with E-state index in [4.69, 9.17) is 9.97 Å². The van der Waals surface area contributed by atoms with Gasteiger partial charge in [-0.2, -0.15) is 0 Å². The number of anilines is 1. The van der Waals surface area contributed by atoms with E-state index >= 15 is 0 Å². The van der Waals surface area contributed by atoms with Crippen LogP contribution >= 0.6 is 0 Å². The molecule has 0 saturated carbocycles. The molecule has 3 aromatic heterocycles. The van der Waals surface area contributed by atoms with Crippen molar-refractivity contribution in [1.82, 2.24) is 19.3 Å². The predicted octanol–water partition coefficient (Wildman–Crippen LogP) is 7.56. The fraction of sp³-hybridized carbons (Fsp3) is 0.135. The number of fused-ring (bicyclic) bond motifs is 4. The van der Waals surface area contributed by atoms with Crippen molar-refractivity contribution in [3.8, 4) is 22.5 Å². The highest BCUT2D eigenvalue weighted by Gasteiger charge is 2.46. The molecule has 4 heterocycles. The molecular formula is C37H31N5. The highest BCUT2D eigenvalue weighted by molar-refractivity contribution is 5.87. The Bertz CT molecular complexity index is 1970. The van der Waals surface area contributed by atoms with Gasteiger partial charge in [0.25, 0.3) is 0 Å². The van der Waals surface area contributed by atoms with E-state index in [1.165, 1.54) is 39.1 Å². The van der Waals surface area contributed by atoms with E-state index in [1.54, 1.807) is 0 Å². The normalized spacial score (nSPS) is 14.9. The molecule has 0 radical (unpaired) electrons. The molecule has 5 nitrogen and oxygen atoms in total. The van der Waals surface area contributed by atoms with Crippen molar-refractivity contribution >= 4 is 11.3 Å². The highest BCUT2D eigenvalue weighted by Crippen LogP contribution is 2.56. The smallest absolute Gasteiger partial charge is 0.138 e. The van der Waals surface area contributed by atoms with Crippen LogP contribution in [0.4, 0.5) is 5.69 Å². The maximum absolute atomic E-state index is 5.07. The minimum atomic E-state index is -0.544. The van der Waals surface area contributed by atoms with Crippen molar-refractivity contribution in [2.24, 2.45) is 0 Å². The average molecular weight is 546 g/mol. The molecule has 42 heavy (non-hydrogen) atoms. The van der Waals surface area contributed by atoms with Gasteiger partial charge >= 0.3 is 0 Å². The van der Waals surface area contributed by atoms with Crippen LogP contribution in [0.5, 0.6) is 0 Å². The Hall–Kier alpha value is -5.16. The Kier molecular flexibility index (Phi) is 5.38. The van der Waals surface area contributed by atoms with Crippen molar-refractivity contribution in [3.05, 3.63) is 155 Å². The van der Waals surface area contributed by atoms with E-state index in [2.05, 4.69) is 145 Å². The van der Waals surface area contributed by atoms with Gasteiger partial charge in [-0.25, -0.2) is 4.98 Å². The van der Waals surface area contributed by atoms with Crippen LogP contribution in [-0.2, 0) is 5.41 Å². The van der Waals surface area contributed by atoms with E-state index in [-0.39, 0.29) is 0 Å². The second kappa shape index (κ2) is 9.18. The number of rotatable bonds is 4. The summed E-state index contributed by atoms with van der Waals surface area (Å²) in [7, 11) is 2.11. The third-order valence-electron chi connectivity index (χ3n) is 8.99. The number of benzene rings is 3. The van der Waals surface area contributed by atoms with Crippen LogP contribution in [0.3, 0.4) is 0 Å². The summed E-state index contributed by atoms with van der Waals surface area (Å²) in [6, 6.07) is 37.6. The second-order valence-corrected chi connectivity index (χ2v) is 11.4. The van der Waals surface area contributed by atoms with E-state index < -0.39 is 5.41 Å². The van der Waals surface area contributed by atoms with Crippen molar-refractivity contribution < 1.29 is 0 Å². The molecule has 5 heteroatoms. The Morgan fingerprint density at radius 1 is 0.714 bits per heavy atom. The topological polar surface area (TPSA) is 36.7 Å². The van der Waals surface area contributed by atoms with Crippen molar-refractivity contribution in [3.63, 3.8) is 0 Å². The molecule has 204 valence electrons. The summed E-state index contributed by atoms with van der Waals surface area (Å²) in [5.41, 5.74) is 13.2. The largest absolute Gasteiger partial charge is 0.361 e. The number of hydrogen-bond acceptors (Lipinski definition) is 4. The fourth-order valence-electron chi connectivity index (χ4n) is 6.99. The van der Waals surface area contributed by atoms with E-state index in [9.17, 15) is 0 Å². The molecule has 0 N–H and O–H groups in total. The summed E-state index contributed by atoms with van der Waals surface area (Å²) in [5.74, 6) is 0. The van der Waals surface area contributed by atoms with Gasteiger partial charge in [-0.05, 0) is 83.6 Å². The summed E-state index contributed by atoms with van der Waals surface area (Å²) in [6.07, 6.45) is 6.15. The third-order valence-corrected chi connectivity index (χ3v) is 8.99. The molecule has 1 aliphatic heterocycles. The average Bonchev–Trinajstić information content (AvgIpc) is 3.69. The van der Waals surface area contributed by atoms with Crippen LogP contribution < -0.4 is 4.90 Å². The lowest BCUT2D eigenvalue weighted by atomic mass is 9.67. The molecule has 2 aliphatic rings. The van der Waals surface area contributed by atoms with Gasteiger partial charge in [0.15, 0.2) is 0 Å². The third kappa shape index (κ3) is 3.43. The van der Waals surface area contributed by atoms with Crippen LogP contribution in [-0.4, -0.2) is 33.0 Å². The van der Waals surface area contributed by atoms with Gasteiger partial charge < -0.3 is 9.80 Å². The highest BCUT2D eigenvalue weighted by atomic mass is 15.3. The quantitative estimate of drug-likeness (QED) is 0.229. The molecule has 0 saturated heterocycles.